The van der Waals surface area contributed by atoms with Crippen LogP contribution in [0.15, 0.2) is 64.0 Å². The Hall–Kier alpha value is -2.85. The van der Waals surface area contributed by atoms with E-state index in [2.05, 4.69) is 5.32 Å². The molecule has 24 heavy (non-hydrogen) atoms. The predicted molar refractivity (Wildman–Crippen MR) is 96.3 cm³/mol. The van der Waals surface area contributed by atoms with Gasteiger partial charge in [-0.1, -0.05) is 35.4 Å². The van der Waals surface area contributed by atoms with Crippen molar-refractivity contribution in [2.45, 2.75) is 6.92 Å². The highest BCUT2D eigenvalue weighted by Crippen LogP contribution is 2.20. The molecule has 2 aromatic carbocycles. The zero-order valence-corrected chi connectivity index (χ0v) is 13.6. The highest BCUT2D eigenvalue weighted by Gasteiger charge is 2.06. The van der Waals surface area contributed by atoms with Crippen molar-refractivity contribution in [3.05, 3.63) is 81.2 Å². The first-order chi connectivity index (χ1) is 11.5. The number of carbonyl (C=O) groups is 1. The molecule has 3 aromatic rings. The number of halogens is 1. The van der Waals surface area contributed by atoms with Gasteiger partial charge in [0.25, 0.3) is 0 Å². The smallest absolute Gasteiger partial charge is 0.248 e. The Balaban J connectivity index is 1.85. The van der Waals surface area contributed by atoms with Crippen LogP contribution in [-0.4, -0.2) is 5.91 Å². The Morgan fingerprint density at radius 2 is 2.00 bits per heavy atom. The van der Waals surface area contributed by atoms with Crippen molar-refractivity contribution < 1.29 is 9.21 Å². The van der Waals surface area contributed by atoms with Crippen LogP contribution in [0.2, 0.25) is 5.02 Å². The summed E-state index contributed by atoms with van der Waals surface area (Å²) < 4.78 is 5.44. The first kappa shape index (κ1) is 16.0. The average Bonchev–Trinajstić information content (AvgIpc) is 2.57. The van der Waals surface area contributed by atoms with E-state index >= 15 is 0 Å². The van der Waals surface area contributed by atoms with Crippen molar-refractivity contribution >= 4 is 40.2 Å². The molecule has 1 heterocycles. The van der Waals surface area contributed by atoms with Gasteiger partial charge >= 0.3 is 0 Å². The number of amides is 1. The third kappa shape index (κ3) is 3.39. The summed E-state index contributed by atoms with van der Waals surface area (Å²) in [6.45, 7) is 1.90. The Kier molecular flexibility index (Phi) is 4.49. The summed E-state index contributed by atoms with van der Waals surface area (Å²) in [4.78, 5) is 24.4. The average molecular weight is 340 g/mol. The molecule has 0 radical (unpaired) electrons. The topological polar surface area (TPSA) is 59.3 Å². The van der Waals surface area contributed by atoms with Gasteiger partial charge in [0.1, 0.15) is 11.8 Å². The van der Waals surface area contributed by atoms with Crippen LogP contribution in [0, 0.1) is 6.92 Å². The van der Waals surface area contributed by atoms with Crippen LogP contribution in [0.5, 0.6) is 0 Å². The Morgan fingerprint density at radius 3 is 2.79 bits per heavy atom. The van der Waals surface area contributed by atoms with E-state index in [1.165, 1.54) is 18.4 Å². The maximum atomic E-state index is 12.4. The number of benzene rings is 2. The Bertz CT molecular complexity index is 1000. The van der Waals surface area contributed by atoms with Crippen LogP contribution in [-0.2, 0) is 4.79 Å². The number of hydrogen-bond donors (Lipinski definition) is 1. The Labute approximate surface area is 143 Å². The number of rotatable bonds is 3. The van der Waals surface area contributed by atoms with E-state index in [0.717, 1.165) is 5.56 Å². The molecule has 0 bridgehead atoms. The summed E-state index contributed by atoms with van der Waals surface area (Å²) in [5.74, 6) is -0.383. The monoisotopic (exact) mass is 339 g/mol. The summed E-state index contributed by atoms with van der Waals surface area (Å²) in [6.07, 6.45) is 4.05. The molecule has 0 atom stereocenters. The number of nitrogens with one attached hydrogen (secondary N) is 1. The van der Waals surface area contributed by atoms with Crippen molar-refractivity contribution in [1.82, 2.24) is 0 Å². The second-order valence-corrected chi connectivity index (χ2v) is 5.73. The molecule has 0 aliphatic heterocycles. The van der Waals surface area contributed by atoms with E-state index in [1.807, 2.05) is 13.0 Å². The standard InChI is InChI=1S/C19H14ClNO3/c1-12-6-8-17-14(10-12)19(23)13(11-24-17)7-9-18(22)21-16-5-3-2-4-15(16)20/h2-11H,1H3,(H,21,22)/b9-7+. The van der Waals surface area contributed by atoms with Gasteiger partial charge in [-0.3, -0.25) is 9.59 Å². The van der Waals surface area contributed by atoms with Crippen molar-refractivity contribution in [3.8, 4) is 0 Å². The summed E-state index contributed by atoms with van der Waals surface area (Å²) in [5, 5.41) is 3.59. The fourth-order valence-electron chi connectivity index (χ4n) is 2.28. The maximum Gasteiger partial charge on any atom is 0.248 e. The largest absolute Gasteiger partial charge is 0.463 e. The number of aryl methyl sites for hydroxylation is 1. The number of para-hydroxylation sites is 1. The number of carbonyl (C=O) groups excluding carboxylic acids is 1. The molecule has 3 rings (SSSR count). The van der Waals surface area contributed by atoms with Crippen molar-refractivity contribution in [2.75, 3.05) is 5.32 Å². The van der Waals surface area contributed by atoms with Gasteiger partial charge in [0.15, 0.2) is 5.43 Å². The predicted octanol–water partition coefficient (Wildman–Crippen LogP) is 4.41. The zero-order valence-electron chi connectivity index (χ0n) is 12.9. The van der Waals surface area contributed by atoms with Gasteiger partial charge < -0.3 is 9.73 Å². The fraction of sp³-hybridized carbons (Fsp3) is 0.0526. The molecule has 120 valence electrons. The molecule has 0 saturated carbocycles. The van der Waals surface area contributed by atoms with Crippen LogP contribution in [0.1, 0.15) is 11.1 Å². The molecular formula is C19H14ClNO3. The van der Waals surface area contributed by atoms with Crippen molar-refractivity contribution in [1.29, 1.82) is 0 Å². The lowest BCUT2D eigenvalue weighted by molar-refractivity contribution is -0.111. The SMILES string of the molecule is Cc1ccc2occ(/C=C/C(=O)Nc3ccccc3Cl)c(=O)c2c1. The van der Waals surface area contributed by atoms with Gasteiger partial charge in [-0.25, -0.2) is 0 Å². The lowest BCUT2D eigenvalue weighted by Gasteiger charge is -2.03. The van der Waals surface area contributed by atoms with Crippen molar-refractivity contribution in [3.63, 3.8) is 0 Å². The van der Waals surface area contributed by atoms with Crippen LogP contribution in [0.25, 0.3) is 17.0 Å². The summed E-state index contributed by atoms with van der Waals surface area (Å²) >= 11 is 5.99. The summed E-state index contributed by atoms with van der Waals surface area (Å²) in [6, 6.07) is 12.3. The van der Waals surface area contributed by atoms with Crippen LogP contribution in [0.4, 0.5) is 5.69 Å². The zero-order chi connectivity index (χ0) is 17.1. The molecule has 0 spiro atoms. The number of anilines is 1. The second kappa shape index (κ2) is 6.72. The number of hydrogen-bond acceptors (Lipinski definition) is 3. The van der Waals surface area contributed by atoms with E-state index in [0.29, 0.717) is 27.2 Å². The third-order valence-corrected chi connectivity index (χ3v) is 3.83. The van der Waals surface area contributed by atoms with E-state index < -0.39 is 0 Å². The normalized spacial score (nSPS) is 11.1. The van der Waals surface area contributed by atoms with Gasteiger partial charge in [0, 0.05) is 6.08 Å². The highest BCUT2D eigenvalue weighted by atomic mass is 35.5. The lowest BCUT2D eigenvalue weighted by Crippen LogP contribution is -2.09. The molecule has 0 saturated heterocycles. The molecule has 1 amide bonds. The van der Waals surface area contributed by atoms with Crippen molar-refractivity contribution in [2.24, 2.45) is 0 Å². The van der Waals surface area contributed by atoms with Crippen LogP contribution >= 0.6 is 11.6 Å². The molecule has 1 N–H and O–H groups in total. The van der Waals surface area contributed by atoms with Crippen LogP contribution in [0.3, 0.4) is 0 Å². The molecule has 0 aliphatic rings. The minimum Gasteiger partial charge on any atom is -0.463 e. The van der Waals surface area contributed by atoms with Gasteiger partial charge in [-0.2, -0.15) is 0 Å². The van der Waals surface area contributed by atoms with E-state index in [9.17, 15) is 9.59 Å². The van der Waals surface area contributed by atoms with E-state index in [1.54, 1.807) is 36.4 Å². The van der Waals surface area contributed by atoms with E-state index in [-0.39, 0.29) is 11.3 Å². The fourth-order valence-corrected chi connectivity index (χ4v) is 2.46. The number of fused-ring (bicyclic) bond motifs is 1. The summed E-state index contributed by atoms with van der Waals surface area (Å²) in [7, 11) is 0. The molecule has 5 heteroatoms. The van der Waals surface area contributed by atoms with Crippen LogP contribution < -0.4 is 10.7 Å². The minimum atomic E-state index is -0.383. The van der Waals surface area contributed by atoms with Gasteiger partial charge in [-0.05, 0) is 37.3 Å². The van der Waals surface area contributed by atoms with Gasteiger partial charge in [0.05, 0.1) is 21.7 Å². The molecule has 4 nitrogen and oxygen atoms in total. The third-order valence-electron chi connectivity index (χ3n) is 3.50. The molecule has 0 unspecified atom stereocenters. The molecule has 1 aromatic heterocycles. The van der Waals surface area contributed by atoms with Gasteiger partial charge in [0.2, 0.25) is 5.91 Å². The van der Waals surface area contributed by atoms with Gasteiger partial charge in [-0.15, -0.1) is 0 Å². The summed E-state index contributed by atoms with van der Waals surface area (Å²) in [5.41, 5.74) is 2.12. The highest BCUT2D eigenvalue weighted by molar-refractivity contribution is 6.33. The molecule has 0 fully saturated rings. The first-order valence-corrected chi connectivity index (χ1v) is 7.68. The van der Waals surface area contributed by atoms with E-state index in [4.69, 9.17) is 16.0 Å². The Morgan fingerprint density at radius 1 is 1.21 bits per heavy atom. The molecular weight excluding hydrogens is 326 g/mol. The maximum absolute atomic E-state index is 12.4. The lowest BCUT2D eigenvalue weighted by atomic mass is 10.1. The quantitative estimate of drug-likeness (QED) is 0.719. The minimum absolute atomic E-state index is 0.179. The molecule has 0 aliphatic carbocycles. The second-order valence-electron chi connectivity index (χ2n) is 5.32. The first-order valence-electron chi connectivity index (χ1n) is 7.30.